The minimum atomic E-state index is -0.541. The van der Waals surface area contributed by atoms with Crippen molar-refractivity contribution in [2.24, 2.45) is 5.84 Å². The van der Waals surface area contributed by atoms with Crippen LogP contribution in [0.4, 0.5) is 15.8 Å². The summed E-state index contributed by atoms with van der Waals surface area (Å²) in [7, 11) is 0. The molecule has 2 aromatic rings. The van der Waals surface area contributed by atoms with Crippen LogP contribution >= 0.6 is 0 Å². The van der Waals surface area contributed by atoms with Crippen LogP contribution in [0, 0.1) is 15.9 Å². The van der Waals surface area contributed by atoms with E-state index in [1.54, 1.807) is 12.1 Å². The van der Waals surface area contributed by atoms with Gasteiger partial charge in [-0.2, -0.15) is 0 Å². The lowest BCUT2D eigenvalue weighted by Gasteiger charge is -2.10. The number of nitrogens with zero attached hydrogens (tertiary/aromatic N) is 1. The molecule has 0 amide bonds. The van der Waals surface area contributed by atoms with E-state index in [1.807, 2.05) is 0 Å². The third-order valence-electron chi connectivity index (χ3n) is 2.66. The second kappa shape index (κ2) is 5.98. The fourth-order valence-corrected chi connectivity index (χ4v) is 1.74. The van der Waals surface area contributed by atoms with Crippen molar-refractivity contribution in [1.82, 2.24) is 0 Å². The second-order valence-corrected chi connectivity index (χ2v) is 3.96. The Morgan fingerprint density at radius 3 is 2.70 bits per heavy atom. The van der Waals surface area contributed by atoms with Gasteiger partial charge in [0, 0.05) is 17.7 Å². The number of rotatable bonds is 5. The highest BCUT2D eigenvalue weighted by molar-refractivity contribution is 5.65. The number of halogens is 1. The summed E-state index contributed by atoms with van der Waals surface area (Å²) < 4.78 is 18.4. The molecule has 0 saturated carbocycles. The highest BCUT2D eigenvalue weighted by Crippen LogP contribution is 2.28. The lowest BCUT2D eigenvalue weighted by molar-refractivity contribution is -0.384. The standard InChI is InChI=1S/C13H12FN3O3/c14-10-4-2-5-11(7-10)20-8-9-3-1-6-12(17(18)19)13(9)16-15/h1-7,16H,8,15H2. The molecule has 0 fully saturated rings. The normalized spacial score (nSPS) is 10.1. The van der Waals surface area contributed by atoms with Gasteiger partial charge in [-0.1, -0.05) is 18.2 Å². The summed E-state index contributed by atoms with van der Waals surface area (Å²) in [5.41, 5.74) is 2.83. The number of hydrogen-bond donors (Lipinski definition) is 2. The van der Waals surface area contributed by atoms with Crippen LogP contribution in [0.15, 0.2) is 42.5 Å². The number of benzene rings is 2. The van der Waals surface area contributed by atoms with Crippen LogP contribution in [0.2, 0.25) is 0 Å². The number of nitrogens with one attached hydrogen (secondary N) is 1. The SMILES string of the molecule is NNc1c(COc2cccc(F)c2)cccc1[N+](=O)[O-]. The molecule has 2 aromatic carbocycles. The van der Waals surface area contributed by atoms with Gasteiger partial charge < -0.3 is 10.2 Å². The molecule has 0 aliphatic heterocycles. The minimum absolute atomic E-state index is 0.0324. The van der Waals surface area contributed by atoms with Crippen molar-refractivity contribution < 1.29 is 14.1 Å². The Bertz CT molecular complexity index is 634. The molecule has 0 saturated heterocycles. The number of anilines is 1. The number of nitro groups is 1. The van der Waals surface area contributed by atoms with E-state index in [2.05, 4.69) is 5.43 Å². The molecule has 0 unspecified atom stereocenters. The van der Waals surface area contributed by atoms with Crippen molar-refractivity contribution in [2.45, 2.75) is 6.61 Å². The van der Waals surface area contributed by atoms with Crippen LogP contribution in [0.1, 0.15) is 5.56 Å². The molecular weight excluding hydrogens is 265 g/mol. The Kier molecular flexibility index (Phi) is 4.11. The van der Waals surface area contributed by atoms with Crippen molar-refractivity contribution in [3.8, 4) is 5.75 Å². The zero-order valence-electron chi connectivity index (χ0n) is 10.4. The fourth-order valence-electron chi connectivity index (χ4n) is 1.74. The Morgan fingerprint density at radius 1 is 1.30 bits per heavy atom. The average molecular weight is 277 g/mol. The highest BCUT2D eigenvalue weighted by Gasteiger charge is 2.16. The minimum Gasteiger partial charge on any atom is -0.489 e. The van der Waals surface area contributed by atoms with Gasteiger partial charge in [0.05, 0.1) is 4.92 Å². The second-order valence-electron chi connectivity index (χ2n) is 3.96. The van der Waals surface area contributed by atoms with Crippen LogP contribution in [0.5, 0.6) is 5.75 Å². The predicted octanol–water partition coefficient (Wildman–Crippen LogP) is 2.60. The zero-order chi connectivity index (χ0) is 14.5. The summed E-state index contributed by atoms with van der Waals surface area (Å²) in [5, 5.41) is 10.9. The molecule has 104 valence electrons. The molecule has 0 bridgehead atoms. The van der Waals surface area contributed by atoms with Crippen LogP contribution in [0.25, 0.3) is 0 Å². The molecule has 0 aliphatic carbocycles. The van der Waals surface area contributed by atoms with E-state index in [4.69, 9.17) is 10.6 Å². The molecule has 0 aromatic heterocycles. The van der Waals surface area contributed by atoms with Crippen LogP contribution in [-0.4, -0.2) is 4.92 Å². The number of para-hydroxylation sites is 1. The maximum absolute atomic E-state index is 13.0. The molecular formula is C13H12FN3O3. The Balaban J connectivity index is 2.21. The highest BCUT2D eigenvalue weighted by atomic mass is 19.1. The number of nitrogens with two attached hydrogens (primary N) is 1. The van der Waals surface area contributed by atoms with Gasteiger partial charge in [-0.15, -0.1) is 0 Å². The van der Waals surface area contributed by atoms with Crippen molar-refractivity contribution in [2.75, 3.05) is 5.43 Å². The fraction of sp³-hybridized carbons (Fsp3) is 0.0769. The molecule has 0 aliphatic rings. The van der Waals surface area contributed by atoms with Gasteiger partial charge in [0.1, 0.15) is 23.9 Å². The van der Waals surface area contributed by atoms with Crippen molar-refractivity contribution >= 4 is 11.4 Å². The summed E-state index contributed by atoms with van der Waals surface area (Å²) in [6.45, 7) is 0.0324. The Labute approximate surface area is 114 Å². The molecule has 20 heavy (non-hydrogen) atoms. The Morgan fingerprint density at radius 2 is 2.05 bits per heavy atom. The van der Waals surface area contributed by atoms with Gasteiger partial charge in [-0.25, -0.2) is 4.39 Å². The van der Waals surface area contributed by atoms with E-state index in [9.17, 15) is 14.5 Å². The predicted molar refractivity (Wildman–Crippen MR) is 71.6 cm³/mol. The third-order valence-corrected chi connectivity index (χ3v) is 2.66. The molecule has 0 atom stereocenters. The van der Waals surface area contributed by atoms with E-state index in [1.165, 1.54) is 30.3 Å². The van der Waals surface area contributed by atoms with Gasteiger partial charge in [0.15, 0.2) is 0 Å². The number of nitro benzene ring substituents is 1. The van der Waals surface area contributed by atoms with Crippen molar-refractivity contribution in [3.05, 3.63) is 64.0 Å². The monoisotopic (exact) mass is 277 g/mol. The molecule has 0 radical (unpaired) electrons. The number of hydrazine groups is 1. The summed E-state index contributed by atoms with van der Waals surface area (Å²) in [4.78, 5) is 10.3. The quantitative estimate of drug-likeness (QED) is 0.498. The summed E-state index contributed by atoms with van der Waals surface area (Å²) in [6.07, 6.45) is 0. The van der Waals surface area contributed by atoms with E-state index < -0.39 is 10.7 Å². The number of ether oxygens (including phenoxy) is 1. The first-order valence-electron chi connectivity index (χ1n) is 5.73. The first-order chi connectivity index (χ1) is 9.61. The van der Waals surface area contributed by atoms with Gasteiger partial charge in [-0.3, -0.25) is 16.0 Å². The van der Waals surface area contributed by atoms with E-state index in [-0.39, 0.29) is 18.0 Å². The lowest BCUT2D eigenvalue weighted by Crippen LogP contribution is -2.12. The largest absolute Gasteiger partial charge is 0.489 e. The molecule has 2 rings (SSSR count). The van der Waals surface area contributed by atoms with Crippen LogP contribution in [-0.2, 0) is 6.61 Å². The summed E-state index contributed by atoms with van der Waals surface area (Å²) >= 11 is 0. The van der Waals surface area contributed by atoms with Gasteiger partial charge >= 0.3 is 0 Å². The molecule has 0 spiro atoms. The average Bonchev–Trinajstić information content (AvgIpc) is 2.44. The Hall–Kier alpha value is -2.67. The van der Waals surface area contributed by atoms with Crippen molar-refractivity contribution in [1.29, 1.82) is 0 Å². The molecule has 0 heterocycles. The lowest BCUT2D eigenvalue weighted by atomic mass is 10.1. The molecule has 3 N–H and O–H groups in total. The first-order valence-corrected chi connectivity index (χ1v) is 5.73. The maximum Gasteiger partial charge on any atom is 0.294 e. The smallest absolute Gasteiger partial charge is 0.294 e. The van der Waals surface area contributed by atoms with Crippen molar-refractivity contribution in [3.63, 3.8) is 0 Å². The van der Waals surface area contributed by atoms with Crippen LogP contribution < -0.4 is 16.0 Å². The maximum atomic E-state index is 13.0. The summed E-state index contributed by atoms with van der Waals surface area (Å²) in [6, 6.07) is 10.1. The molecule has 7 heteroatoms. The van der Waals surface area contributed by atoms with Gasteiger partial charge in [0.25, 0.3) is 5.69 Å². The van der Waals surface area contributed by atoms with E-state index in [0.29, 0.717) is 11.3 Å². The first kappa shape index (κ1) is 13.8. The van der Waals surface area contributed by atoms with E-state index >= 15 is 0 Å². The van der Waals surface area contributed by atoms with Crippen LogP contribution in [0.3, 0.4) is 0 Å². The topological polar surface area (TPSA) is 90.4 Å². The van der Waals surface area contributed by atoms with Gasteiger partial charge in [0.2, 0.25) is 0 Å². The molecule has 6 nitrogen and oxygen atoms in total. The summed E-state index contributed by atoms with van der Waals surface area (Å²) in [5.74, 6) is 5.23. The number of nitrogen functional groups attached to an aromatic ring is 1. The zero-order valence-corrected chi connectivity index (χ0v) is 10.4. The third kappa shape index (κ3) is 3.01. The van der Waals surface area contributed by atoms with E-state index in [0.717, 1.165) is 0 Å². The van der Waals surface area contributed by atoms with Gasteiger partial charge in [-0.05, 0) is 12.1 Å². The number of hydrogen-bond acceptors (Lipinski definition) is 5.